The fraction of sp³-hybridized carbons (Fsp3) is 0.261. The first-order valence-corrected chi connectivity index (χ1v) is 11.2. The number of anilines is 1. The molecular weight excluding hydrogens is 415 g/mol. The van der Waals surface area contributed by atoms with Gasteiger partial charge in [0.15, 0.2) is 0 Å². The van der Waals surface area contributed by atoms with Gasteiger partial charge < -0.3 is 10.6 Å². The lowest BCUT2D eigenvalue weighted by Gasteiger charge is -2.11. The van der Waals surface area contributed by atoms with E-state index in [1.807, 2.05) is 30.3 Å². The Hall–Kier alpha value is -3.13. The summed E-state index contributed by atoms with van der Waals surface area (Å²) in [4.78, 5) is 25.0. The molecule has 160 valence electrons. The van der Waals surface area contributed by atoms with E-state index in [0.717, 1.165) is 33.9 Å². The molecule has 2 amide bonds. The monoisotopic (exact) mass is 438 g/mol. The lowest BCUT2D eigenvalue weighted by molar-refractivity contribution is -0.122. The van der Waals surface area contributed by atoms with E-state index < -0.39 is 0 Å². The number of hydrogen-bond donors (Lipinski definition) is 2. The van der Waals surface area contributed by atoms with Crippen LogP contribution in [0.4, 0.5) is 10.2 Å². The minimum absolute atomic E-state index is 0.00710. The Morgan fingerprint density at radius 1 is 1.00 bits per heavy atom. The van der Waals surface area contributed by atoms with E-state index in [-0.39, 0.29) is 24.2 Å². The fourth-order valence-corrected chi connectivity index (χ4v) is 4.45. The summed E-state index contributed by atoms with van der Waals surface area (Å²) in [6.07, 6.45) is 1.00. The Morgan fingerprint density at radius 3 is 2.55 bits per heavy atom. The number of fused-ring (bicyclic) bond motifs is 1. The Balaban J connectivity index is 1.38. The molecule has 8 heteroatoms. The summed E-state index contributed by atoms with van der Waals surface area (Å²) in [5.41, 5.74) is 3.81. The number of nitrogens with zero attached hydrogens (tertiary/aromatic N) is 2. The molecule has 2 N–H and O–H groups in total. The van der Waals surface area contributed by atoms with E-state index >= 15 is 0 Å². The summed E-state index contributed by atoms with van der Waals surface area (Å²) in [6, 6.07) is 15.8. The molecule has 2 heterocycles. The summed E-state index contributed by atoms with van der Waals surface area (Å²) in [5.74, 6) is 1.50. The Bertz CT molecular complexity index is 1070. The number of carbonyl (C=O) groups is 2. The lowest BCUT2D eigenvalue weighted by atomic mass is 10.1. The zero-order chi connectivity index (χ0) is 21.6. The predicted molar refractivity (Wildman–Crippen MR) is 119 cm³/mol. The average molecular weight is 439 g/mol. The number of carbonyl (C=O) groups excluding carboxylic acids is 2. The minimum atomic E-state index is -0.313. The third-order valence-corrected chi connectivity index (χ3v) is 6.03. The summed E-state index contributed by atoms with van der Waals surface area (Å²) < 4.78 is 14.6. The summed E-state index contributed by atoms with van der Waals surface area (Å²) in [6.45, 7) is 0.307. The lowest BCUT2D eigenvalue weighted by Crippen LogP contribution is -2.28. The standard InChI is InChI=1S/C23H23FN4O2S/c24-18-9-6-17(7-10-18)12-25-22(30)13-28-23(19-14-31-15-20(19)27-28)26-21(29)11-8-16-4-2-1-3-5-16/h1-7,9-10H,8,11-15H2,(H,25,30)(H,26,29). The van der Waals surface area contributed by atoms with Crippen molar-refractivity contribution in [1.29, 1.82) is 0 Å². The van der Waals surface area contributed by atoms with Crippen LogP contribution in [0.25, 0.3) is 0 Å². The molecule has 0 bridgehead atoms. The molecule has 3 aromatic rings. The van der Waals surface area contributed by atoms with E-state index in [9.17, 15) is 14.0 Å². The van der Waals surface area contributed by atoms with Crippen molar-refractivity contribution in [2.24, 2.45) is 0 Å². The van der Waals surface area contributed by atoms with Crippen LogP contribution in [-0.4, -0.2) is 21.6 Å². The summed E-state index contributed by atoms with van der Waals surface area (Å²) in [7, 11) is 0. The first-order chi connectivity index (χ1) is 15.1. The van der Waals surface area contributed by atoms with Crippen LogP contribution in [0.1, 0.15) is 28.8 Å². The Labute approximate surface area is 184 Å². The third kappa shape index (κ3) is 5.52. The molecule has 0 saturated heterocycles. The highest BCUT2D eigenvalue weighted by Gasteiger charge is 2.24. The molecule has 0 saturated carbocycles. The first kappa shape index (κ1) is 21.1. The molecule has 31 heavy (non-hydrogen) atoms. The molecular formula is C23H23FN4O2S. The number of benzene rings is 2. The molecule has 0 fully saturated rings. The van der Waals surface area contributed by atoms with Crippen LogP contribution in [0.2, 0.25) is 0 Å². The molecule has 4 rings (SSSR count). The van der Waals surface area contributed by atoms with Crippen LogP contribution in [0, 0.1) is 5.82 Å². The van der Waals surface area contributed by atoms with Crippen molar-refractivity contribution in [2.75, 3.05) is 5.32 Å². The van der Waals surface area contributed by atoms with Gasteiger partial charge in [0, 0.05) is 30.0 Å². The zero-order valence-electron chi connectivity index (χ0n) is 16.9. The van der Waals surface area contributed by atoms with Gasteiger partial charge in [-0.2, -0.15) is 16.9 Å². The third-order valence-electron chi connectivity index (χ3n) is 5.06. The van der Waals surface area contributed by atoms with Crippen molar-refractivity contribution in [2.45, 2.75) is 37.4 Å². The van der Waals surface area contributed by atoms with Crippen molar-refractivity contribution in [3.8, 4) is 0 Å². The van der Waals surface area contributed by atoms with Gasteiger partial charge in [0.05, 0.1) is 5.69 Å². The largest absolute Gasteiger partial charge is 0.350 e. The molecule has 2 aromatic carbocycles. The zero-order valence-corrected chi connectivity index (χ0v) is 17.8. The number of nitrogens with one attached hydrogen (secondary N) is 2. The molecule has 0 unspecified atom stereocenters. The van der Waals surface area contributed by atoms with Gasteiger partial charge in [-0.05, 0) is 29.7 Å². The van der Waals surface area contributed by atoms with Gasteiger partial charge in [0.25, 0.3) is 0 Å². The number of aryl methyl sites for hydroxylation is 1. The van der Waals surface area contributed by atoms with Crippen molar-refractivity contribution in [1.82, 2.24) is 15.1 Å². The van der Waals surface area contributed by atoms with Crippen LogP contribution < -0.4 is 10.6 Å². The fourth-order valence-electron chi connectivity index (χ4n) is 3.41. The summed E-state index contributed by atoms with van der Waals surface area (Å²) >= 11 is 1.74. The van der Waals surface area contributed by atoms with Crippen LogP contribution in [0.5, 0.6) is 0 Å². The highest BCUT2D eigenvalue weighted by Crippen LogP contribution is 2.34. The van der Waals surface area contributed by atoms with Crippen LogP contribution in [0.15, 0.2) is 54.6 Å². The van der Waals surface area contributed by atoms with Gasteiger partial charge in [-0.1, -0.05) is 42.5 Å². The Kier molecular flexibility index (Phi) is 6.66. The average Bonchev–Trinajstić information content (AvgIpc) is 3.35. The molecule has 0 aliphatic carbocycles. The quantitative estimate of drug-likeness (QED) is 0.563. The van der Waals surface area contributed by atoms with Gasteiger partial charge in [-0.15, -0.1) is 0 Å². The van der Waals surface area contributed by atoms with Crippen molar-refractivity contribution < 1.29 is 14.0 Å². The first-order valence-electron chi connectivity index (χ1n) is 10.1. The van der Waals surface area contributed by atoms with Crippen molar-refractivity contribution in [3.63, 3.8) is 0 Å². The highest BCUT2D eigenvalue weighted by atomic mass is 32.2. The second-order valence-electron chi connectivity index (χ2n) is 7.36. The van der Waals surface area contributed by atoms with Crippen LogP contribution in [0.3, 0.4) is 0 Å². The van der Waals surface area contributed by atoms with Crippen molar-refractivity contribution in [3.05, 3.63) is 82.8 Å². The van der Waals surface area contributed by atoms with Crippen molar-refractivity contribution >= 4 is 29.4 Å². The summed E-state index contributed by atoms with van der Waals surface area (Å²) in [5, 5.41) is 10.3. The number of hydrogen-bond acceptors (Lipinski definition) is 4. The number of rotatable bonds is 8. The van der Waals surface area contributed by atoms with E-state index in [1.54, 1.807) is 28.6 Å². The topological polar surface area (TPSA) is 76.0 Å². The van der Waals surface area contributed by atoms with Crippen LogP contribution in [-0.2, 0) is 40.6 Å². The maximum atomic E-state index is 13.0. The van der Waals surface area contributed by atoms with E-state index in [0.29, 0.717) is 25.2 Å². The van der Waals surface area contributed by atoms with Gasteiger partial charge in [0.2, 0.25) is 11.8 Å². The second kappa shape index (κ2) is 9.78. The van der Waals surface area contributed by atoms with E-state index in [4.69, 9.17) is 0 Å². The van der Waals surface area contributed by atoms with Gasteiger partial charge in [-0.3, -0.25) is 9.59 Å². The van der Waals surface area contributed by atoms with E-state index in [1.165, 1.54) is 12.1 Å². The van der Waals surface area contributed by atoms with Gasteiger partial charge in [-0.25, -0.2) is 9.07 Å². The minimum Gasteiger partial charge on any atom is -0.350 e. The molecule has 1 aromatic heterocycles. The normalized spacial score (nSPS) is 12.4. The number of halogens is 1. The molecule has 6 nitrogen and oxygen atoms in total. The van der Waals surface area contributed by atoms with Crippen LogP contribution >= 0.6 is 11.8 Å². The van der Waals surface area contributed by atoms with Gasteiger partial charge in [0.1, 0.15) is 18.2 Å². The molecule has 1 aliphatic rings. The number of amides is 2. The SMILES string of the molecule is O=C(Cn1nc2c(c1NC(=O)CCc1ccccc1)CSC2)NCc1ccc(F)cc1. The maximum absolute atomic E-state index is 13.0. The maximum Gasteiger partial charge on any atom is 0.242 e. The van der Waals surface area contributed by atoms with E-state index in [2.05, 4.69) is 15.7 Å². The van der Waals surface area contributed by atoms with Gasteiger partial charge >= 0.3 is 0 Å². The number of thioether (sulfide) groups is 1. The molecule has 0 spiro atoms. The molecule has 0 radical (unpaired) electrons. The molecule has 0 atom stereocenters. The second-order valence-corrected chi connectivity index (χ2v) is 8.35. The Morgan fingerprint density at radius 2 is 1.77 bits per heavy atom. The number of aromatic nitrogens is 2. The highest BCUT2D eigenvalue weighted by molar-refractivity contribution is 7.98. The smallest absolute Gasteiger partial charge is 0.242 e. The predicted octanol–water partition coefficient (Wildman–Crippen LogP) is 3.66. The molecule has 1 aliphatic heterocycles.